The molecular formula is C19H18N4O2. The quantitative estimate of drug-likeness (QED) is 0.739. The smallest absolute Gasteiger partial charge is 0.254 e. The van der Waals surface area contributed by atoms with Crippen LogP contribution in [0, 0.1) is 0 Å². The Morgan fingerprint density at radius 2 is 1.76 bits per heavy atom. The van der Waals surface area contributed by atoms with Crippen LogP contribution >= 0.6 is 0 Å². The number of hydrogen-bond donors (Lipinski definition) is 0. The fraction of sp³-hybridized carbons (Fsp3) is 0.211. The SMILES string of the molecule is COc1ccc(-c2nnc3n2CCN(C(=O)c2ccccc2)C3)cc1. The van der Waals surface area contributed by atoms with Crippen LogP contribution in [0.15, 0.2) is 54.6 Å². The van der Waals surface area contributed by atoms with Crippen molar-refractivity contribution in [1.29, 1.82) is 0 Å². The molecule has 0 saturated heterocycles. The monoisotopic (exact) mass is 334 g/mol. The minimum Gasteiger partial charge on any atom is -0.497 e. The molecule has 0 radical (unpaired) electrons. The van der Waals surface area contributed by atoms with Gasteiger partial charge in [0.1, 0.15) is 5.75 Å². The van der Waals surface area contributed by atoms with Gasteiger partial charge in [-0.25, -0.2) is 0 Å². The molecule has 0 aliphatic carbocycles. The number of carbonyl (C=O) groups is 1. The molecule has 0 saturated carbocycles. The van der Waals surface area contributed by atoms with Crippen LogP contribution in [0.5, 0.6) is 5.75 Å². The molecular weight excluding hydrogens is 316 g/mol. The Morgan fingerprint density at radius 3 is 2.48 bits per heavy atom. The van der Waals surface area contributed by atoms with E-state index >= 15 is 0 Å². The molecule has 2 heterocycles. The first kappa shape index (κ1) is 15.4. The highest BCUT2D eigenvalue weighted by Crippen LogP contribution is 2.24. The Bertz CT molecular complexity index is 888. The van der Waals surface area contributed by atoms with E-state index in [4.69, 9.17) is 4.74 Å². The van der Waals surface area contributed by atoms with E-state index in [0.717, 1.165) is 23.0 Å². The third-order valence-corrected chi connectivity index (χ3v) is 4.41. The molecule has 1 amide bonds. The molecule has 0 bridgehead atoms. The van der Waals surface area contributed by atoms with Crippen LogP contribution in [0.4, 0.5) is 0 Å². The van der Waals surface area contributed by atoms with Crippen LogP contribution in [0.3, 0.4) is 0 Å². The number of aromatic nitrogens is 3. The van der Waals surface area contributed by atoms with Gasteiger partial charge in [-0.1, -0.05) is 18.2 Å². The molecule has 0 fully saturated rings. The highest BCUT2D eigenvalue weighted by Gasteiger charge is 2.25. The van der Waals surface area contributed by atoms with E-state index in [0.29, 0.717) is 25.2 Å². The Morgan fingerprint density at radius 1 is 1.00 bits per heavy atom. The van der Waals surface area contributed by atoms with E-state index < -0.39 is 0 Å². The molecule has 4 rings (SSSR count). The van der Waals surface area contributed by atoms with Gasteiger partial charge in [0.15, 0.2) is 11.6 Å². The van der Waals surface area contributed by atoms with Gasteiger partial charge in [-0.05, 0) is 36.4 Å². The topological polar surface area (TPSA) is 60.3 Å². The molecule has 3 aromatic rings. The number of carbonyl (C=O) groups excluding carboxylic acids is 1. The van der Waals surface area contributed by atoms with E-state index in [1.165, 1.54) is 0 Å². The number of amides is 1. The van der Waals surface area contributed by atoms with Crippen molar-refractivity contribution in [2.24, 2.45) is 0 Å². The predicted octanol–water partition coefficient (Wildman–Crippen LogP) is 2.61. The zero-order valence-electron chi connectivity index (χ0n) is 13.9. The van der Waals surface area contributed by atoms with Crippen molar-refractivity contribution in [2.75, 3.05) is 13.7 Å². The molecule has 1 aliphatic heterocycles. The first-order valence-electron chi connectivity index (χ1n) is 8.17. The van der Waals surface area contributed by atoms with Crippen LogP contribution in [0.25, 0.3) is 11.4 Å². The lowest BCUT2D eigenvalue weighted by Gasteiger charge is -2.28. The summed E-state index contributed by atoms with van der Waals surface area (Å²) >= 11 is 0. The lowest BCUT2D eigenvalue weighted by atomic mass is 10.1. The number of hydrogen-bond acceptors (Lipinski definition) is 4. The molecule has 1 aromatic heterocycles. The van der Waals surface area contributed by atoms with Crippen molar-refractivity contribution >= 4 is 5.91 Å². The Kier molecular flexibility index (Phi) is 3.93. The summed E-state index contributed by atoms with van der Waals surface area (Å²) in [5.41, 5.74) is 1.69. The molecule has 2 aromatic carbocycles. The normalized spacial score (nSPS) is 13.4. The molecule has 0 unspecified atom stereocenters. The maximum Gasteiger partial charge on any atom is 0.254 e. The average Bonchev–Trinajstić information content (AvgIpc) is 3.11. The van der Waals surface area contributed by atoms with Crippen LogP contribution in [0.1, 0.15) is 16.2 Å². The number of nitrogens with zero attached hydrogens (tertiary/aromatic N) is 4. The van der Waals surface area contributed by atoms with Gasteiger partial charge >= 0.3 is 0 Å². The van der Waals surface area contributed by atoms with Gasteiger partial charge < -0.3 is 14.2 Å². The van der Waals surface area contributed by atoms with Crippen LogP contribution < -0.4 is 4.74 Å². The average molecular weight is 334 g/mol. The molecule has 1 aliphatic rings. The zero-order chi connectivity index (χ0) is 17.2. The van der Waals surface area contributed by atoms with Gasteiger partial charge in [0.2, 0.25) is 0 Å². The minimum atomic E-state index is 0.0286. The summed E-state index contributed by atoms with van der Waals surface area (Å²) in [5.74, 6) is 2.47. The summed E-state index contributed by atoms with van der Waals surface area (Å²) in [4.78, 5) is 14.4. The van der Waals surface area contributed by atoms with E-state index in [1.54, 1.807) is 7.11 Å². The second-order valence-electron chi connectivity index (χ2n) is 5.91. The number of fused-ring (bicyclic) bond motifs is 1. The fourth-order valence-electron chi connectivity index (χ4n) is 3.05. The Labute approximate surface area is 145 Å². The number of benzene rings is 2. The maximum absolute atomic E-state index is 12.6. The Hall–Kier alpha value is -3.15. The van der Waals surface area contributed by atoms with Gasteiger partial charge in [0.05, 0.1) is 13.7 Å². The van der Waals surface area contributed by atoms with Gasteiger partial charge in [0, 0.05) is 24.2 Å². The molecule has 25 heavy (non-hydrogen) atoms. The third-order valence-electron chi connectivity index (χ3n) is 4.41. The Balaban J connectivity index is 1.57. The van der Waals surface area contributed by atoms with Gasteiger partial charge in [-0.2, -0.15) is 0 Å². The largest absolute Gasteiger partial charge is 0.497 e. The van der Waals surface area contributed by atoms with Crippen molar-refractivity contribution in [3.63, 3.8) is 0 Å². The molecule has 126 valence electrons. The van der Waals surface area contributed by atoms with Crippen LogP contribution in [0.2, 0.25) is 0 Å². The zero-order valence-corrected chi connectivity index (χ0v) is 13.9. The minimum absolute atomic E-state index is 0.0286. The van der Waals surface area contributed by atoms with Gasteiger partial charge in [0.25, 0.3) is 5.91 Å². The first-order chi connectivity index (χ1) is 12.3. The van der Waals surface area contributed by atoms with Crippen LogP contribution in [-0.4, -0.2) is 39.2 Å². The van der Waals surface area contributed by atoms with E-state index in [9.17, 15) is 4.79 Å². The summed E-state index contributed by atoms with van der Waals surface area (Å²) in [6, 6.07) is 17.1. The van der Waals surface area contributed by atoms with E-state index in [2.05, 4.69) is 14.8 Å². The second-order valence-corrected chi connectivity index (χ2v) is 5.91. The lowest BCUT2D eigenvalue weighted by molar-refractivity contribution is 0.0708. The molecule has 0 spiro atoms. The van der Waals surface area contributed by atoms with Crippen molar-refractivity contribution in [3.05, 3.63) is 66.0 Å². The van der Waals surface area contributed by atoms with Crippen LogP contribution in [-0.2, 0) is 13.1 Å². The number of rotatable bonds is 3. The molecule has 6 heteroatoms. The van der Waals surface area contributed by atoms with Gasteiger partial charge in [-0.3, -0.25) is 4.79 Å². The maximum atomic E-state index is 12.6. The number of ether oxygens (including phenoxy) is 1. The summed E-state index contributed by atoms with van der Waals surface area (Å²) in [7, 11) is 1.65. The summed E-state index contributed by atoms with van der Waals surface area (Å²) < 4.78 is 7.27. The van der Waals surface area contributed by atoms with E-state index in [1.807, 2.05) is 59.5 Å². The standard InChI is InChI=1S/C19H18N4O2/c1-25-16-9-7-14(8-10-16)18-21-20-17-13-22(11-12-23(17)18)19(24)15-5-3-2-4-6-15/h2-10H,11-13H2,1H3. The van der Waals surface area contributed by atoms with Gasteiger partial charge in [-0.15, -0.1) is 10.2 Å². The molecule has 0 N–H and O–H groups in total. The van der Waals surface area contributed by atoms with Crippen molar-refractivity contribution in [2.45, 2.75) is 13.1 Å². The summed E-state index contributed by atoms with van der Waals surface area (Å²) in [5, 5.41) is 8.61. The molecule has 0 atom stereocenters. The fourth-order valence-corrected chi connectivity index (χ4v) is 3.05. The summed E-state index contributed by atoms with van der Waals surface area (Å²) in [6.07, 6.45) is 0. The third kappa shape index (κ3) is 2.87. The first-order valence-corrected chi connectivity index (χ1v) is 8.17. The highest BCUT2D eigenvalue weighted by atomic mass is 16.5. The van der Waals surface area contributed by atoms with Crippen molar-refractivity contribution in [3.8, 4) is 17.1 Å². The van der Waals surface area contributed by atoms with Crippen molar-refractivity contribution < 1.29 is 9.53 Å². The lowest BCUT2D eigenvalue weighted by Crippen LogP contribution is -2.38. The van der Waals surface area contributed by atoms with E-state index in [-0.39, 0.29) is 5.91 Å². The second kappa shape index (κ2) is 6.39. The summed E-state index contributed by atoms with van der Waals surface area (Å²) in [6.45, 7) is 1.79. The number of methoxy groups -OCH3 is 1. The highest BCUT2D eigenvalue weighted by molar-refractivity contribution is 5.94. The van der Waals surface area contributed by atoms with Crippen molar-refractivity contribution in [1.82, 2.24) is 19.7 Å². The molecule has 6 nitrogen and oxygen atoms in total. The predicted molar refractivity (Wildman–Crippen MR) is 93.2 cm³/mol.